The molecule has 0 atom stereocenters. The van der Waals surface area contributed by atoms with Crippen molar-refractivity contribution in [3.8, 4) is 0 Å². The first-order chi connectivity index (χ1) is 14.7. The van der Waals surface area contributed by atoms with Gasteiger partial charge in [0, 0.05) is 6.54 Å². The molecule has 0 aliphatic carbocycles. The van der Waals surface area contributed by atoms with Crippen molar-refractivity contribution in [2.75, 3.05) is 27.2 Å². The highest BCUT2D eigenvalue weighted by molar-refractivity contribution is 5.26. The standard InChI is InChI=1S/C27H34N2O/c1-28(2)20-26-19-25-15-17-29(21-27(25)30-26)16-7-12-23-10-6-11-24(18-23)14-13-22-8-4-3-5-9-22/h3-6,8-11,18-19H,7,12-17,20-21H2,1-2H3. The first kappa shape index (κ1) is 20.9. The molecule has 0 bridgehead atoms. The second-order valence-corrected chi connectivity index (χ2v) is 8.83. The third-order valence-electron chi connectivity index (χ3n) is 5.96. The first-order valence-corrected chi connectivity index (χ1v) is 11.2. The second-order valence-electron chi connectivity index (χ2n) is 8.83. The summed E-state index contributed by atoms with van der Waals surface area (Å²) in [6, 6.07) is 22.2. The number of benzene rings is 2. The normalized spacial score (nSPS) is 14.2. The molecule has 0 saturated heterocycles. The van der Waals surface area contributed by atoms with E-state index in [0.29, 0.717) is 0 Å². The average Bonchev–Trinajstić information content (AvgIpc) is 3.14. The quantitative estimate of drug-likeness (QED) is 0.495. The van der Waals surface area contributed by atoms with E-state index in [9.17, 15) is 0 Å². The van der Waals surface area contributed by atoms with E-state index in [1.807, 2.05) is 0 Å². The van der Waals surface area contributed by atoms with Gasteiger partial charge in [-0.05, 0) is 81.1 Å². The second kappa shape index (κ2) is 10.1. The number of rotatable bonds is 9. The molecule has 0 unspecified atom stereocenters. The Morgan fingerprint density at radius 1 is 0.867 bits per heavy atom. The van der Waals surface area contributed by atoms with Crippen LogP contribution in [-0.2, 0) is 38.8 Å². The van der Waals surface area contributed by atoms with Crippen LogP contribution >= 0.6 is 0 Å². The summed E-state index contributed by atoms with van der Waals surface area (Å²) < 4.78 is 6.11. The summed E-state index contributed by atoms with van der Waals surface area (Å²) >= 11 is 0. The van der Waals surface area contributed by atoms with Gasteiger partial charge in [-0.1, -0.05) is 54.6 Å². The Morgan fingerprint density at radius 2 is 1.60 bits per heavy atom. The zero-order chi connectivity index (χ0) is 20.8. The van der Waals surface area contributed by atoms with Crippen LogP contribution in [0.1, 0.15) is 40.2 Å². The summed E-state index contributed by atoms with van der Waals surface area (Å²) in [6.07, 6.45) is 5.68. The topological polar surface area (TPSA) is 19.6 Å². The van der Waals surface area contributed by atoms with E-state index in [1.165, 1.54) is 34.4 Å². The maximum atomic E-state index is 6.11. The first-order valence-electron chi connectivity index (χ1n) is 11.2. The van der Waals surface area contributed by atoms with Crippen molar-refractivity contribution in [1.82, 2.24) is 9.80 Å². The molecule has 0 saturated carbocycles. The van der Waals surface area contributed by atoms with E-state index < -0.39 is 0 Å². The van der Waals surface area contributed by atoms with Crippen LogP contribution in [0.25, 0.3) is 0 Å². The molecule has 0 fully saturated rings. The lowest BCUT2D eigenvalue weighted by atomic mass is 10.0. The molecular formula is C27H34N2O. The van der Waals surface area contributed by atoms with Crippen molar-refractivity contribution >= 4 is 0 Å². The highest BCUT2D eigenvalue weighted by atomic mass is 16.3. The van der Waals surface area contributed by atoms with E-state index >= 15 is 0 Å². The van der Waals surface area contributed by atoms with Gasteiger partial charge in [-0.25, -0.2) is 0 Å². The van der Waals surface area contributed by atoms with E-state index in [4.69, 9.17) is 4.42 Å². The van der Waals surface area contributed by atoms with Gasteiger partial charge in [0.1, 0.15) is 11.5 Å². The number of hydrogen-bond acceptors (Lipinski definition) is 3. The summed E-state index contributed by atoms with van der Waals surface area (Å²) in [5.41, 5.74) is 5.74. The third kappa shape index (κ3) is 5.84. The number of hydrogen-bond donors (Lipinski definition) is 0. The van der Waals surface area contributed by atoms with E-state index in [2.05, 4.69) is 84.6 Å². The van der Waals surface area contributed by atoms with Crippen LogP contribution in [0.3, 0.4) is 0 Å². The predicted octanol–water partition coefficient (Wildman–Crippen LogP) is 5.12. The molecule has 30 heavy (non-hydrogen) atoms. The lowest BCUT2D eigenvalue weighted by Gasteiger charge is -2.25. The highest BCUT2D eigenvalue weighted by Crippen LogP contribution is 2.24. The number of fused-ring (bicyclic) bond motifs is 1. The maximum Gasteiger partial charge on any atom is 0.121 e. The Kier molecular flexibility index (Phi) is 7.03. The molecule has 1 aromatic heterocycles. The van der Waals surface area contributed by atoms with Gasteiger partial charge < -0.3 is 9.32 Å². The predicted molar refractivity (Wildman–Crippen MR) is 124 cm³/mol. The van der Waals surface area contributed by atoms with Crippen LogP contribution in [0.2, 0.25) is 0 Å². The monoisotopic (exact) mass is 402 g/mol. The SMILES string of the molecule is CN(C)Cc1cc2c(o1)CN(CCCc1cccc(CCc3ccccc3)c1)CC2. The third-order valence-corrected chi connectivity index (χ3v) is 5.96. The minimum Gasteiger partial charge on any atom is -0.463 e. The van der Waals surface area contributed by atoms with Gasteiger partial charge in [0.05, 0.1) is 13.1 Å². The molecule has 0 N–H and O–H groups in total. The van der Waals surface area contributed by atoms with Gasteiger partial charge in [0.25, 0.3) is 0 Å². The van der Waals surface area contributed by atoms with Gasteiger partial charge in [0.2, 0.25) is 0 Å². The summed E-state index contributed by atoms with van der Waals surface area (Å²) in [5.74, 6) is 2.28. The minimum atomic E-state index is 0.883. The van der Waals surface area contributed by atoms with Crippen LogP contribution < -0.4 is 0 Å². The van der Waals surface area contributed by atoms with Crippen LogP contribution in [-0.4, -0.2) is 37.0 Å². The molecule has 0 radical (unpaired) electrons. The molecule has 3 nitrogen and oxygen atoms in total. The van der Waals surface area contributed by atoms with Crippen molar-refractivity contribution in [3.05, 3.63) is 94.4 Å². The van der Waals surface area contributed by atoms with Gasteiger partial charge in [0.15, 0.2) is 0 Å². The van der Waals surface area contributed by atoms with E-state index in [-0.39, 0.29) is 0 Å². The summed E-state index contributed by atoms with van der Waals surface area (Å²) in [6.45, 7) is 4.12. The Hall–Kier alpha value is -2.36. The van der Waals surface area contributed by atoms with Crippen molar-refractivity contribution in [1.29, 1.82) is 0 Å². The van der Waals surface area contributed by atoms with E-state index in [1.54, 1.807) is 0 Å². The Bertz CT molecular complexity index is 929. The smallest absolute Gasteiger partial charge is 0.121 e. The zero-order valence-corrected chi connectivity index (χ0v) is 18.4. The maximum absolute atomic E-state index is 6.11. The van der Waals surface area contributed by atoms with Gasteiger partial charge in [-0.2, -0.15) is 0 Å². The number of aryl methyl sites for hydroxylation is 3. The van der Waals surface area contributed by atoms with Crippen molar-refractivity contribution < 1.29 is 4.42 Å². The fourth-order valence-electron chi connectivity index (χ4n) is 4.40. The Morgan fingerprint density at radius 3 is 2.40 bits per heavy atom. The summed E-state index contributed by atoms with van der Waals surface area (Å²) in [7, 11) is 4.18. The molecule has 158 valence electrons. The largest absolute Gasteiger partial charge is 0.463 e. The average molecular weight is 403 g/mol. The molecule has 3 heteroatoms. The Balaban J connectivity index is 1.24. The van der Waals surface area contributed by atoms with Gasteiger partial charge in [-0.3, -0.25) is 4.90 Å². The Labute approximate surface area is 181 Å². The van der Waals surface area contributed by atoms with E-state index in [0.717, 1.165) is 57.6 Å². The molecule has 3 aromatic rings. The van der Waals surface area contributed by atoms with Crippen LogP contribution in [0.15, 0.2) is 65.1 Å². The van der Waals surface area contributed by atoms with Crippen molar-refractivity contribution in [3.63, 3.8) is 0 Å². The van der Waals surface area contributed by atoms with Crippen LogP contribution in [0, 0.1) is 0 Å². The summed E-state index contributed by atoms with van der Waals surface area (Å²) in [4.78, 5) is 4.71. The lowest BCUT2D eigenvalue weighted by molar-refractivity contribution is 0.221. The van der Waals surface area contributed by atoms with Crippen molar-refractivity contribution in [2.24, 2.45) is 0 Å². The molecule has 1 aliphatic rings. The zero-order valence-electron chi connectivity index (χ0n) is 18.4. The number of nitrogens with zero attached hydrogens (tertiary/aromatic N) is 2. The van der Waals surface area contributed by atoms with Crippen LogP contribution in [0.4, 0.5) is 0 Å². The highest BCUT2D eigenvalue weighted by Gasteiger charge is 2.20. The van der Waals surface area contributed by atoms with Crippen LogP contribution in [0.5, 0.6) is 0 Å². The molecule has 2 aromatic carbocycles. The fraction of sp³-hybridized carbons (Fsp3) is 0.407. The fourth-order valence-corrected chi connectivity index (χ4v) is 4.40. The lowest BCUT2D eigenvalue weighted by Crippen LogP contribution is -2.30. The van der Waals surface area contributed by atoms with Gasteiger partial charge >= 0.3 is 0 Å². The molecular weight excluding hydrogens is 368 g/mol. The minimum absolute atomic E-state index is 0.883. The molecule has 4 rings (SSSR count). The summed E-state index contributed by atoms with van der Waals surface area (Å²) in [5, 5.41) is 0. The molecule has 0 amide bonds. The molecule has 2 heterocycles. The molecule has 1 aliphatic heterocycles. The van der Waals surface area contributed by atoms with Gasteiger partial charge in [-0.15, -0.1) is 0 Å². The number of furan rings is 1. The molecule has 0 spiro atoms. The van der Waals surface area contributed by atoms with Crippen molar-refractivity contribution in [2.45, 2.75) is 45.2 Å².